The number of rotatable bonds is 5. The molecule has 3 N–H and O–H groups in total. The van der Waals surface area contributed by atoms with Crippen molar-refractivity contribution in [2.45, 2.75) is 25.9 Å². The second-order valence-electron chi connectivity index (χ2n) is 4.97. The molecular weight excluding hydrogens is 228 g/mol. The van der Waals surface area contributed by atoms with E-state index in [1.807, 2.05) is 30.3 Å². The summed E-state index contributed by atoms with van der Waals surface area (Å²) in [6.07, 6.45) is 3.04. The lowest BCUT2D eigenvalue weighted by Crippen LogP contribution is -2.47. The van der Waals surface area contributed by atoms with E-state index in [0.29, 0.717) is 19.7 Å². The molecule has 0 bridgehead atoms. The summed E-state index contributed by atoms with van der Waals surface area (Å²) in [5.41, 5.74) is 6.84. The van der Waals surface area contributed by atoms with Gasteiger partial charge < -0.3 is 15.8 Å². The summed E-state index contributed by atoms with van der Waals surface area (Å²) in [7, 11) is 0. The Bertz CT molecular complexity index is 383. The first kappa shape index (κ1) is 12.9. The van der Waals surface area contributed by atoms with Crippen molar-refractivity contribution >= 4 is 6.09 Å². The summed E-state index contributed by atoms with van der Waals surface area (Å²) < 4.78 is 5.15. The van der Waals surface area contributed by atoms with Gasteiger partial charge in [0.05, 0.1) is 0 Å². The molecule has 0 aliphatic heterocycles. The fourth-order valence-electron chi connectivity index (χ4n) is 2.16. The Balaban J connectivity index is 1.69. The minimum atomic E-state index is -0.362. The lowest BCUT2D eigenvalue weighted by atomic mass is 9.69. The second-order valence-corrected chi connectivity index (χ2v) is 4.97. The zero-order valence-electron chi connectivity index (χ0n) is 10.5. The fraction of sp³-hybridized carbons (Fsp3) is 0.500. The van der Waals surface area contributed by atoms with Crippen molar-refractivity contribution in [1.29, 1.82) is 0 Å². The van der Waals surface area contributed by atoms with E-state index in [9.17, 15) is 4.79 Å². The maximum absolute atomic E-state index is 11.5. The van der Waals surface area contributed by atoms with Gasteiger partial charge in [0.15, 0.2) is 0 Å². The molecule has 0 radical (unpaired) electrons. The molecule has 0 heterocycles. The van der Waals surface area contributed by atoms with Crippen molar-refractivity contribution in [3.05, 3.63) is 35.9 Å². The smallest absolute Gasteiger partial charge is 0.407 e. The molecular formula is C14H20N2O2. The van der Waals surface area contributed by atoms with Crippen LogP contribution in [-0.4, -0.2) is 19.2 Å². The van der Waals surface area contributed by atoms with Crippen LogP contribution < -0.4 is 11.1 Å². The predicted octanol–water partition coefficient (Wildman–Crippen LogP) is 2.04. The molecule has 0 aromatic heterocycles. The van der Waals surface area contributed by atoms with Crippen LogP contribution in [0.1, 0.15) is 24.8 Å². The molecule has 98 valence electrons. The van der Waals surface area contributed by atoms with Crippen molar-refractivity contribution in [2.75, 3.05) is 13.1 Å². The Labute approximate surface area is 108 Å². The van der Waals surface area contributed by atoms with Gasteiger partial charge in [0.1, 0.15) is 6.61 Å². The molecule has 0 saturated heterocycles. The lowest BCUT2D eigenvalue weighted by Gasteiger charge is -2.40. The number of carbonyl (C=O) groups excluding carboxylic acids is 1. The van der Waals surface area contributed by atoms with Gasteiger partial charge in [-0.25, -0.2) is 4.79 Å². The number of ether oxygens (including phenoxy) is 1. The first-order valence-corrected chi connectivity index (χ1v) is 6.39. The van der Waals surface area contributed by atoms with E-state index < -0.39 is 0 Å². The number of alkyl carbamates (subject to hydrolysis) is 1. The Morgan fingerprint density at radius 3 is 2.61 bits per heavy atom. The third kappa shape index (κ3) is 3.23. The molecule has 4 nitrogen and oxygen atoms in total. The average molecular weight is 248 g/mol. The van der Waals surface area contributed by atoms with Crippen LogP contribution in [0.5, 0.6) is 0 Å². The standard InChI is InChI=1S/C14H20N2O2/c15-10-14(7-4-8-14)11-16-13(17)18-9-12-5-2-1-3-6-12/h1-3,5-6H,4,7-11,15H2,(H,16,17). The monoisotopic (exact) mass is 248 g/mol. The van der Waals surface area contributed by atoms with Crippen LogP contribution in [-0.2, 0) is 11.3 Å². The first-order chi connectivity index (χ1) is 8.74. The molecule has 1 aromatic rings. The van der Waals surface area contributed by atoms with Crippen molar-refractivity contribution in [2.24, 2.45) is 11.1 Å². The third-order valence-corrected chi connectivity index (χ3v) is 3.67. The minimum Gasteiger partial charge on any atom is -0.445 e. The van der Waals surface area contributed by atoms with Gasteiger partial charge in [-0.15, -0.1) is 0 Å². The Kier molecular flexibility index (Phi) is 4.20. The van der Waals surface area contributed by atoms with Crippen molar-refractivity contribution in [3.63, 3.8) is 0 Å². The molecule has 2 rings (SSSR count). The molecule has 1 saturated carbocycles. The lowest BCUT2D eigenvalue weighted by molar-refractivity contribution is 0.112. The number of benzene rings is 1. The Morgan fingerprint density at radius 2 is 2.06 bits per heavy atom. The highest BCUT2D eigenvalue weighted by atomic mass is 16.5. The number of hydrogen-bond acceptors (Lipinski definition) is 3. The topological polar surface area (TPSA) is 64.3 Å². The third-order valence-electron chi connectivity index (χ3n) is 3.67. The van der Waals surface area contributed by atoms with E-state index in [4.69, 9.17) is 10.5 Å². The number of amides is 1. The van der Waals surface area contributed by atoms with Crippen LogP contribution in [0.4, 0.5) is 4.79 Å². The van der Waals surface area contributed by atoms with Gasteiger partial charge in [-0.05, 0) is 24.9 Å². The van der Waals surface area contributed by atoms with Crippen molar-refractivity contribution in [3.8, 4) is 0 Å². The summed E-state index contributed by atoms with van der Waals surface area (Å²) in [6.45, 7) is 1.56. The summed E-state index contributed by atoms with van der Waals surface area (Å²) in [5, 5.41) is 2.81. The van der Waals surface area contributed by atoms with Crippen LogP contribution in [0.3, 0.4) is 0 Å². The van der Waals surface area contributed by atoms with Gasteiger partial charge in [0.2, 0.25) is 0 Å². The molecule has 1 aliphatic carbocycles. The first-order valence-electron chi connectivity index (χ1n) is 6.39. The summed E-state index contributed by atoms with van der Waals surface area (Å²) >= 11 is 0. The van der Waals surface area contributed by atoms with E-state index >= 15 is 0 Å². The number of nitrogens with one attached hydrogen (secondary N) is 1. The Morgan fingerprint density at radius 1 is 1.33 bits per heavy atom. The van der Waals surface area contributed by atoms with Crippen LogP contribution in [0, 0.1) is 5.41 Å². The highest BCUT2D eigenvalue weighted by molar-refractivity contribution is 5.67. The van der Waals surface area contributed by atoms with Gasteiger partial charge in [0, 0.05) is 12.0 Å². The van der Waals surface area contributed by atoms with Crippen molar-refractivity contribution in [1.82, 2.24) is 5.32 Å². The summed E-state index contributed by atoms with van der Waals surface area (Å²) in [4.78, 5) is 11.5. The molecule has 1 amide bonds. The average Bonchev–Trinajstić information content (AvgIpc) is 2.37. The minimum absolute atomic E-state index is 0.117. The van der Waals surface area contributed by atoms with E-state index in [-0.39, 0.29) is 11.5 Å². The van der Waals surface area contributed by atoms with Crippen molar-refractivity contribution < 1.29 is 9.53 Å². The maximum Gasteiger partial charge on any atom is 0.407 e. The number of nitrogens with two attached hydrogens (primary N) is 1. The maximum atomic E-state index is 11.5. The molecule has 1 fully saturated rings. The van der Waals surface area contributed by atoms with Crippen LogP contribution in [0.25, 0.3) is 0 Å². The number of carbonyl (C=O) groups is 1. The van der Waals surface area contributed by atoms with Gasteiger partial charge >= 0.3 is 6.09 Å². The SMILES string of the molecule is NCC1(CNC(=O)OCc2ccccc2)CCC1. The van der Waals surface area contributed by atoms with Crippen LogP contribution in [0.15, 0.2) is 30.3 Å². The number of hydrogen-bond donors (Lipinski definition) is 2. The highest BCUT2D eigenvalue weighted by Crippen LogP contribution is 2.39. The predicted molar refractivity (Wildman–Crippen MR) is 70.0 cm³/mol. The summed E-state index contributed by atoms with van der Waals surface area (Å²) in [6, 6.07) is 9.65. The van der Waals surface area contributed by atoms with Gasteiger partial charge in [0.25, 0.3) is 0 Å². The molecule has 4 heteroatoms. The van der Waals surface area contributed by atoms with Gasteiger partial charge in [-0.2, -0.15) is 0 Å². The van der Waals surface area contributed by atoms with E-state index in [1.165, 1.54) is 6.42 Å². The van der Waals surface area contributed by atoms with Gasteiger partial charge in [-0.3, -0.25) is 0 Å². The normalized spacial score (nSPS) is 16.7. The zero-order chi connectivity index (χ0) is 12.8. The fourth-order valence-corrected chi connectivity index (χ4v) is 2.16. The summed E-state index contributed by atoms with van der Waals surface area (Å²) in [5.74, 6) is 0. The molecule has 1 aliphatic rings. The molecule has 0 atom stereocenters. The van der Waals surface area contributed by atoms with Gasteiger partial charge in [-0.1, -0.05) is 36.8 Å². The van der Waals surface area contributed by atoms with Crippen LogP contribution in [0.2, 0.25) is 0 Å². The zero-order valence-corrected chi connectivity index (χ0v) is 10.5. The Hall–Kier alpha value is -1.55. The highest BCUT2D eigenvalue weighted by Gasteiger charge is 2.35. The largest absolute Gasteiger partial charge is 0.445 e. The molecule has 18 heavy (non-hydrogen) atoms. The van der Waals surface area contributed by atoms with Crippen LogP contribution >= 0.6 is 0 Å². The van der Waals surface area contributed by atoms with E-state index in [0.717, 1.165) is 18.4 Å². The van der Waals surface area contributed by atoms with E-state index in [2.05, 4.69) is 5.32 Å². The molecule has 1 aromatic carbocycles. The van der Waals surface area contributed by atoms with E-state index in [1.54, 1.807) is 0 Å². The second kappa shape index (κ2) is 5.87. The molecule has 0 spiro atoms. The molecule has 0 unspecified atom stereocenters. The quantitative estimate of drug-likeness (QED) is 0.838.